The molecule has 0 spiro atoms. The van der Waals surface area contributed by atoms with Crippen molar-refractivity contribution in [3.8, 4) is 6.07 Å². The van der Waals surface area contributed by atoms with Gasteiger partial charge in [0.2, 0.25) is 5.91 Å². The van der Waals surface area contributed by atoms with Gasteiger partial charge in [0.25, 0.3) is 0 Å². The van der Waals surface area contributed by atoms with E-state index in [-0.39, 0.29) is 12.0 Å². The van der Waals surface area contributed by atoms with Gasteiger partial charge in [-0.25, -0.2) is 9.59 Å². The van der Waals surface area contributed by atoms with Gasteiger partial charge in [-0.05, 0) is 23.8 Å². The van der Waals surface area contributed by atoms with Gasteiger partial charge in [-0.1, -0.05) is 12.1 Å². The highest BCUT2D eigenvalue weighted by atomic mass is 16.5. The molecule has 2 atom stereocenters. The number of benzene rings is 1. The summed E-state index contributed by atoms with van der Waals surface area (Å²) in [6.45, 7) is 4.77. The number of carbonyl (C=O) groups is 3. The average Bonchev–Trinajstić information content (AvgIpc) is 3.41. The Balaban J connectivity index is 0.000000454. The Hall–Kier alpha value is -3.68. The Morgan fingerprint density at radius 1 is 1.03 bits per heavy atom. The highest BCUT2D eigenvalue weighted by Gasteiger charge is 2.38. The summed E-state index contributed by atoms with van der Waals surface area (Å²) in [4.78, 5) is 35.2. The van der Waals surface area contributed by atoms with Crippen molar-refractivity contribution in [3.05, 3.63) is 59.5 Å². The standard InChI is InChI=1S/C21H23N3O3.C2H2O4/c22-10-17-3-1-16(2-4-17)9-21(25)24-13-19-12-23(6-8-27-20(19)14-24)11-18-5-7-26-15-18;3-1(4)2(5)6/h1-5,7,15,19-20H,6,8-9,11-14H2;(H,3,4)(H,5,6)/t19-,20+;/m0./s1. The fraction of sp³-hybridized carbons (Fsp3) is 0.391. The minimum absolute atomic E-state index is 0.115. The monoisotopic (exact) mass is 455 g/mol. The van der Waals surface area contributed by atoms with Crippen LogP contribution in [0.4, 0.5) is 0 Å². The molecule has 2 aliphatic rings. The third-order valence-corrected chi connectivity index (χ3v) is 5.57. The maximum atomic E-state index is 12.7. The van der Waals surface area contributed by atoms with Crippen molar-refractivity contribution in [1.29, 1.82) is 5.26 Å². The van der Waals surface area contributed by atoms with Crippen molar-refractivity contribution in [1.82, 2.24) is 9.80 Å². The number of ether oxygens (including phenoxy) is 1. The summed E-state index contributed by atoms with van der Waals surface area (Å²) >= 11 is 0. The second-order valence-electron chi connectivity index (χ2n) is 7.93. The molecule has 2 fully saturated rings. The van der Waals surface area contributed by atoms with E-state index in [1.54, 1.807) is 24.7 Å². The van der Waals surface area contributed by atoms with Crippen LogP contribution in [-0.2, 0) is 32.1 Å². The molecule has 10 heteroatoms. The quantitative estimate of drug-likeness (QED) is 0.650. The number of aliphatic carboxylic acids is 2. The van der Waals surface area contributed by atoms with Gasteiger partial charge in [0.1, 0.15) is 0 Å². The number of hydrogen-bond donors (Lipinski definition) is 2. The summed E-state index contributed by atoms with van der Waals surface area (Å²) in [5.41, 5.74) is 2.72. The maximum absolute atomic E-state index is 12.7. The number of nitrogens with zero attached hydrogens (tertiary/aromatic N) is 3. The first-order valence-corrected chi connectivity index (χ1v) is 10.4. The molecule has 2 N–H and O–H groups in total. The van der Waals surface area contributed by atoms with E-state index in [9.17, 15) is 4.79 Å². The molecule has 2 saturated heterocycles. The molecule has 33 heavy (non-hydrogen) atoms. The number of rotatable bonds is 4. The largest absolute Gasteiger partial charge is 0.473 e. The second kappa shape index (κ2) is 11.3. The molecule has 1 aromatic heterocycles. The Bertz CT molecular complexity index is 986. The van der Waals surface area contributed by atoms with E-state index < -0.39 is 11.9 Å². The first-order chi connectivity index (χ1) is 15.9. The van der Waals surface area contributed by atoms with E-state index in [1.807, 2.05) is 23.1 Å². The van der Waals surface area contributed by atoms with Crippen LogP contribution in [0.2, 0.25) is 0 Å². The predicted molar refractivity (Wildman–Crippen MR) is 114 cm³/mol. The van der Waals surface area contributed by atoms with Crippen LogP contribution in [0.5, 0.6) is 0 Å². The van der Waals surface area contributed by atoms with Gasteiger partial charge >= 0.3 is 11.9 Å². The molecule has 2 aromatic rings. The van der Waals surface area contributed by atoms with Gasteiger partial charge in [-0.3, -0.25) is 9.69 Å². The number of carboxylic acids is 2. The topological polar surface area (TPSA) is 144 Å². The number of amides is 1. The van der Waals surface area contributed by atoms with E-state index in [0.717, 1.165) is 31.7 Å². The fourth-order valence-corrected chi connectivity index (χ4v) is 3.93. The van der Waals surface area contributed by atoms with Crippen molar-refractivity contribution < 1.29 is 33.8 Å². The molecule has 0 bridgehead atoms. The van der Waals surface area contributed by atoms with E-state index in [1.165, 1.54) is 5.56 Å². The zero-order chi connectivity index (χ0) is 23.8. The van der Waals surface area contributed by atoms with Crippen LogP contribution in [0.15, 0.2) is 47.3 Å². The number of hydrogen-bond acceptors (Lipinski definition) is 7. The van der Waals surface area contributed by atoms with Crippen molar-refractivity contribution in [3.63, 3.8) is 0 Å². The summed E-state index contributed by atoms with van der Waals surface area (Å²) < 4.78 is 11.2. The van der Waals surface area contributed by atoms with E-state index in [0.29, 0.717) is 31.1 Å². The average molecular weight is 455 g/mol. The molecule has 3 heterocycles. The molecule has 0 aliphatic carbocycles. The van der Waals surface area contributed by atoms with Crippen molar-refractivity contribution >= 4 is 17.8 Å². The van der Waals surface area contributed by atoms with Gasteiger partial charge in [-0.2, -0.15) is 5.26 Å². The van der Waals surface area contributed by atoms with E-state index >= 15 is 0 Å². The third-order valence-electron chi connectivity index (χ3n) is 5.57. The van der Waals surface area contributed by atoms with E-state index in [2.05, 4.69) is 11.0 Å². The van der Waals surface area contributed by atoms with E-state index in [4.69, 9.17) is 34.2 Å². The van der Waals surface area contributed by atoms with Crippen molar-refractivity contribution in [2.45, 2.75) is 19.1 Å². The van der Waals surface area contributed by atoms with Crippen molar-refractivity contribution in [2.24, 2.45) is 5.92 Å². The van der Waals surface area contributed by atoms with Crippen LogP contribution in [0.3, 0.4) is 0 Å². The van der Waals surface area contributed by atoms with Gasteiger partial charge in [0.05, 0.1) is 43.3 Å². The molecule has 10 nitrogen and oxygen atoms in total. The lowest BCUT2D eigenvalue weighted by atomic mass is 10.1. The zero-order valence-electron chi connectivity index (χ0n) is 17.9. The molecule has 174 valence electrons. The fourth-order valence-electron chi connectivity index (χ4n) is 3.93. The number of fused-ring (bicyclic) bond motifs is 1. The van der Waals surface area contributed by atoms with Crippen LogP contribution in [-0.4, -0.2) is 76.7 Å². The molecule has 4 rings (SSSR count). The summed E-state index contributed by atoms with van der Waals surface area (Å²) in [6.07, 6.45) is 3.96. The third kappa shape index (κ3) is 6.90. The minimum atomic E-state index is -1.82. The Kier molecular flexibility index (Phi) is 8.18. The Morgan fingerprint density at radius 3 is 2.36 bits per heavy atom. The first-order valence-electron chi connectivity index (χ1n) is 10.4. The number of nitriles is 1. The van der Waals surface area contributed by atoms with Crippen LogP contribution in [0, 0.1) is 17.2 Å². The van der Waals surface area contributed by atoms with Crippen LogP contribution < -0.4 is 0 Å². The summed E-state index contributed by atoms with van der Waals surface area (Å²) in [7, 11) is 0. The highest BCUT2D eigenvalue weighted by molar-refractivity contribution is 6.27. The zero-order valence-corrected chi connectivity index (χ0v) is 17.9. The molecule has 0 radical (unpaired) electrons. The van der Waals surface area contributed by atoms with Crippen molar-refractivity contribution in [2.75, 3.05) is 32.8 Å². The molecule has 0 unspecified atom stereocenters. The highest BCUT2D eigenvalue weighted by Crippen LogP contribution is 2.25. The van der Waals surface area contributed by atoms with Gasteiger partial charge in [0.15, 0.2) is 0 Å². The van der Waals surface area contributed by atoms with Crippen LogP contribution >= 0.6 is 0 Å². The van der Waals surface area contributed by atoms with Crippen LogP contribution in [0.1, 0.15) is 16.7 Å². The molecule has 1 aromatic carbocycles. The van der Waals surface area contributed by atoms with Gasteiger partial charge in [-0.15, -0.1) is 0 Å². The summed E-state index contributed by atoms with van der Waals surface area (Å²) in [6, 6.07) is 11.3. The number of furan rings is 1. The first kappa shape index (κ1) is 24.0. The molecule has 2 aliphatic heterocycles. The second-order valence-corrected chi connectivity index (χ2v) is 7.93. The van der Waals surface area contributed by atoms with Gasteiger partial charge < -0.3 is 24.3 Å². The SMILES string of the molecule is N#Cc1ccc(CC(=O)N2C[C@@H]3CN(Cc4ccoc4)CCO[C@@H]3C2)cc1.O=C(O)C(=O)O. The Morgan fingerprint density at radius 2 is 1.76 bits per heavy atom. The predicted octanol–water partition coefficient (Wildman–Crippen LogP) is 1.21. The normalized spacial score (nSPS) is 20.0. The minimum Gasteiger partial charge on any atom is -0.473 e. The number of carboxylic acid groups (broad SMARTS) is 2. The molecule has 0 saturated carbocycles. The Labute approximate surface area is 190 Å². The lowest BCUT2D eigenvalue weighted by molar-refractivity contribution is -0.159. The van der Waals surface area contributed by atoms with Crippen LogP contribution in [0.25, 0.3) is 0 Å². The smallest absolute Gasteiger partial charge is 0.414 e. The maximum Gasteiger partial charge on any atom is 0.414 e. The lowest BCUT2D eigenvalue weighted by Crippen LogP contribution is -2.34. The summed E-state index contributed by atoms with van der Waals surface area (Å²) in [5.74, 6) is -3.19. The number of carbonyl (C=O) groups excluding carboxylic acids is 1. The molecule has 1 amide bonds. The molecular weight excluding hydrogens is 430 g/mol. The number of likely N-dealkylation sites (tertiary alicyclic amines) is 1. The summed E-state index contributed by atoms with van der Waals surface area (Å²) in [5, 5.41) is 23.7. The van der Waals surface area contributed by atoms with Gasteiger partial charge in [0, 0.05) is 44.2 Å². The lowest BCUT2D eigenvalue weighted by Gasteiger charge is -2.22. The molecular formula is C23H25N3O7.